The average Bonchev–Trinajstić information content (AvgIpc) is 3.31. The summed E-state index contributed by atoms with van der Waals surface area (Å²) in [5.74, 6) is -4.07. The van der Waals surface area contributed by atoms with E-state index >= 15 is 0 Å². The Hall–Kier alpha value is -2.91. The number of carbonyl (C=O) groups excluding carboxylic acids is 1. The van der Waals surface area contributed by atoms with Gasteiger partial charge in [0.25, 0.3) is 5.56 Å². The predicted octanol–water partition coefficient (Wildman–Crippen LogP) is 5.06. The Kier molecular flexibility index (Phi) is 14.2. The van der Waals surface area contributed by atoms with Crippen molar-refractivity contribution in [3.8, 4) is 11.1 Å². The summed E-state index contributed by atoms with van der Waals surface area (Å²) in [7, 11) is 0. The highest BCUT2D eigenvalue weighted by molar-refractivity contribution is 6.61. The maximum Gasteiger partial charge on any atom is 0.341 e. The monoisotopic (exact) mass is 682 g/mol. The van der Waals surface area contributed by atoms with Crippen LogP contribution in [0.3, 0.4) is 0 Å². The van der Waals surface area contributed by atoms with E-state index in [-0.39, 0.29) is 34.0 Å². The van der Waals surface area contributed by atoms with Crippen LogP contribution in [-0.4, -0.2) is 61.5 Å². The van der Waals surface area contributed by atoms with Crippen LogP contribution < -0.4 is 16.4 Å². The van der Waals surface area contributed by atoms with E-state index in [0.29, 0.717) is 32.4 Å². The molecule has 0 radical (unpaired) electrons. The van der Waals surface area contributed by atoms with Crippen LogP contribution in [0.1, 0.15) is 12.5 Å². The Morgan fingerprint density at radius 3 is 2.02 bits per heavy atom. The minimum Gasteiger partial charge on any atom is -0.462 e. The fourth-order valence-corrected chi connectivity index (χ4v) is 4.75. The smallest absolute Gasteiger partial charge is 0.341 e. The molecule has 2 N–H and O–H groups in total. The van der Waals surface area contributed by atoms with Gasteiger partial charge in [0, 0.05) is 36.3 Å². The van der Waals surface area contributed by atoms with E-state index in [1.54, 1.807) is 11.6 Å². The first kappa shape index (κ1) is 35.6. The third kappa shape index (κ3) is 9.54. The minimum absolute atomic E-state index is 0.00962. The number of aromatic nitrogens is 2. The number of halogens is 7. The fraction of sp³-hybridized carbons (Fsp3) is 0.357. The molecule has 3 aromatic rings. The number of carbonyl (C=O) groups is 1. The molecule has 0 atom stereocenters. The van der Waals surface area contributed by atoms with Gasteiger partial charge in [0.1, 0.15) is 32.9 Å². The molecule has 3 heterocycles. The molecule has 2 aliphatic heterocycles. The number of nitrogens with zero attached hydrogens (tertiary/aromatic N) is 2. The molecule has 240 valence electrons. The lowest BCUT2D eigenvalue weighted by Crippen LogP contribution is -2.32. The molecule has 0 spiro atoms. The number of hydrogen-bond donors (Lipinski definition) is 2. The molecule has 1 fully saturated rings. The van der Waals surface area contributed by atoms with Gasteiger partial charge in [-0.05, 0) is 31.2 Å². The minimum atomic E-state index is -0.938. The number of nitrogens with one attached hydrogen (secondary N) is 2. The van der Waals surface area contributed by atoms with Crippen molar-refractivity contribution in [2.45, 2.75) is 20.0 Å². The summed E-state index contributed by atoms with van der Waals surface area (Å²) in [6.07, 6.45) is 0. The largest absolute Gasteiger partial charge is 0.462 e. The summed E-state index contributed by atoms with van der Waals surface area (Å²) in [5.41, 5.74) is 5.09. The molecule has 2 aliphatic rings. The highest BCUT2D eigenvalue weighted by Gasteiger charge is 2.24. The highest BCUT2D eigenvalue weighted by atomic mass is 35.5. The van der Waals surface area contributed by atoms with Gasteiger partial charge < -0.3 is 14.2 Å². The average molecular weight is 684 g/mol. The van der Waals surface area contributed by atoms with Crippen LogP contribution in [0.25, 0.3) is 16.7 Å². The Labute approximate surface area is 265 Å². The number of esters is 1. The summed E-state index contributed by atoms with van der Waals surface area (Å²) >= 11 is 17.2. The molecule has 9 nitrogen and oxygen atoms in total. The van der Waals surface area contributed by atoms with Gasteiger partial charge >= 0.3 is 5.97 Å². The molecule has 1 aromatic heterocycles. The van der Waals surface area contributed by atoms with Gasteiger partial charge in [-0.3, -0.25) is 20.3 Å². The number of benzene rings is 2. The normalized spacial score (nSPS) is 14.5. The summed E-state index contributed by atoms with van der Waals surface area (Å²) in [6, 6.07) is 5.76. The van der Waals surface area contributed by atoms with Crippen LogP contribution in [-0.2, 0) is 32.1 Å². The molecule has 0 bridgehead atoms. The fourth-order valence-electron chi connectivity index (χ4n) is 4.04. The molecule has 0 amide bonds. The van der Waals surface area contributed by atoms with Crippen molar-refractivity contribution >= 4 is 46.3 Å². The van der Waals surface area contributed by atoms with Gasteiger partial charge in [-0.1, -0.05) is 34.8 Å². The summed E-state index contributed by atoms with van der Waals surface area (Å²) in [4.78, 5) is 23.9. The first-order valence-electron chi connectivity index (χ1n) is 13.3. The second kappa shape index (κ2) is 17.5. The number of rotatable bonds is 4. The maximum absolute atomic E-state index is 13.9. The van der Waals surface area contributed by atoms with Crippen molar-refractivity contribution in [2.75, 3.05) is 46.1 Å². The van der Waals surface area contributed by atoms with Crippen molar-refractivity contribution < 1.29 is 36.6 Å². The first-order valence-corrected chi connectivity index (χ1v) is 14.4. The van der Waals surface area contributed by atoms with E-state index in [1.807, 2.05) is 0 Å². The third-order valence-corrected chi connectivity index (χ3v) is 6.77. The van der Waals surface area contributed by atoms with Crippen LogP contribution >= 0.6 is 34.8 Å². The molecule has 5 rings (SSSR count). The van der Waals surface area contributed by atoms with Crippen molar-refractivity contribution in [1.82, 2.24) is 20.2 Å². The Morgan fingerprint density at radius 1 is 0.886 bits per heavy atom. The van der Waals surface area contributed by atoms with Crippen molar-refractivity contribution in [3.63, 3.8) is 0 Å². The summed E-state index contributed by atoms with van der Waals surface area (Å²) in [6.45, 7) is 6.74. The second-order valence-corrected chi connectivity index (χ2v) is 10.2. The molecule has 0 unspecified atom stereocenters. The number of fused-ring (bicyclic) bond motifs is 1. The van der Waals surface area contributed by atoms with Gasteiger partial charge in [-0.2, -0.15) is 0 Å². The maximum atomic E-state index is 13.9. The Morgan fingerprint density at radius 2 is 1.45 bits per heavy atom. The van der Waals surface area contributed by atoms with Crippen LogP contribution in [0.5, 0.6) is 0 Å². The van der Waals surface area contributed by atoms with Crippen LogP contribution in [0.15, 0.2) is 45.7 Å². The van der Waals surface area contributed by atoms with E-state index in [1.165, 1.54) is 10.7 Å². The van der Waals surface area contributed by atoms with Gasteiger partial charge in [-0.25, -0.2) is 27.0 Å². The standard InChI is InChI=1S/C13H11ClF2N2O2.C11H8Cl2F2O2.C4H10N2O/c14-12-11(9-2-1-8(15)7-10(9)16)13(19)18-4-6-20-5-3-17(12)18;1-2-17-11(16)9(10(12)13)7-4-3-6(14)5-8(7)15;1-3-7-4-2-6-5-1/h1-2,7H,3-6H2;3-5H,2H2,1H3;5-6H,1-4H2. The van der Waals surface area contributed by atoms with Crippen molar-refractivity contribution in [3.05, 3.63) is 85.2 Å². The van der Waals surface area contributed by atoms with Crippen molar-refractivity contribution in [1.29, 1.82) is 0 Å². The number of hydrogen-bond acceptors (Lipinski definition) is 7. The Balaban J connectivity index is 0.000000200. The van der Waals surface area contributed by atoms with Gasteiger partial charge in [0.15, 0.2) is 0 Å². The van der Waals surface area contributed by atoms with E-state index in [4.69, 9.17) is 44.3 Å². The zero-order valence-electron chi connectivity index (χ0n) is 23.4. The molecular formula is C28H29Cl3F4N4O5. The summed E-state index contributed by atoms with van der Waals surface area (Å²) in [5, 5.41) is 0.144. The zero-order valence-corrected chi connectivity index (χ0v) is 25.7. The van der Waals surface area contributed by atoms with Crippen LogP contribution in [0, 0.1) is 23.3 Å². The van der Waals surface area contributed by atoms with Crippen LogP contribution in [0.4, 0.5) is 17.6 Å². The van der Waals surface area contributed by atoms with Gasteiger partial charge in [0.05, 0.1) is 57.3 Å². The lowest BCUT2D eigenvalue weighted by Gasteiger charge is -2.08. The topological polar surface area (TPSA) is 95.8 Å². The van der Waals surface area contributed by atoms with Gasteiger partial charge in [-0.15, -0.1) is 0 Å². The van der Waals surface area contributed by atoms with E-state index < -0.39 is 39.3 Å². The second-order valence-electron chi connectivity index (χ2n) is 8.90. The zero-order chi connectivity index (χ0) is 32.2. The molecule has 0 aliphatic carbocycles. The predicted molar refractivity (Wildman–Crippen MR) is 158 cm³/mol. The SMILES string of the molecule is C1COCCNN1.CCOC(=O)C(=C(Cl)Cl)c1ccc(F)cc1F.O=c1c(-c2ccc(F)cc2F)c(Cl)n2n1CCOCC2. The van der Waals surface area contributed by atoms with Crippen molar-refractivity contribution in [2.24, 2.45) is 0 Å². The molecule has 2 aromatic carbocycles. The van der Waals surface area contributed by atoms with E-state index in [0.717, 1.165) is 50.6 Å². The first-order chi connectivity index (χ1) is 21.1. The molecule has 0 saturated carbocycles. The lowest BCUT2D eigenvalue weighted by molar-refractivity contribution is -0.136. The van der Waals surface area contributed by atoms with Gasteiger partial charge in [0.2, 0.25) is 0 Å². The highest BCUT2D eigenvalue weighted by Crippen LogP contribution is 2.29. The molecule has 44 heavy (non-hydrogen) atoms. The third-order valence-electron chi connectivity index (χ3n) is 6.00. The Bertz CT molecular complexity index is 1510. The van der Waals surface area contributed by atoms with E-state index in [2.05, 4.69) is 15.6 Å². The molecule has 1 saturated heterocycles. The number of hydrazine groups is 1. The van der Waals surface area contributed by atoms with Crippen LogP contribution in [0.2, 0.25) is 5.15 Å². The number of ether oxygens (including phenoxy) is 3. The summed E-state index contributed by atoms with van der Waals surface area (Å²) < 4.78 is 70.6. The molecular weight excluding hydrogens is 655 g/mol. The molecule has 16 heteroatoms. The lowest BCUT2D eigenvalue weighted by atomic mass is 10.1. The van der Waals surface area contributed by atoms with E-state index in [9.17, 15) is 27.2 Å². The quantitative estimate of drug-likeness (QED) is 0.226.